The van der Waals surface area contributed by atoms with Crippen molar-refractivity contribution in [2.45, 2.75) is 29.8 Å². The van der Waals surface area contributed by atoms with Crippen LogP contribution >= 0.6 is 11.9 Å². The number of nitrogen functional groups attached to an aromatic ring is 1. The second-order valence-electron chi connectivity index (χ2n) is 8.49. The average Bonchev–Trinajstić information content (AvgIpc) is 3.36. The number of aliphatic hydroxyl groups is 1. The van der Waals surface area contributed by atoms with Crippen LogP contribution in [-0.2, 0) is 4.79 Å². The summed E-state index contributed by atoms with van der Waals surface area (Å²) in [6.07, 6.45) is 1.63. The van der Waals surface area contributed by atoms with E-state index in [1.807, 2.05) is 42.5 Å². The van der Waals surface area contributed by atoms with E-state index in [2.05, 4.69) is 10.0 Å². The molecule has 1 aliphatic heterocycles. The zero-order valence-electron chi connectivity index (χ0n) is 19.2. The summed E-state index contributed by atoms with van der Waals surface area (Å²) in [6, 6.07) is 19.7. The maximum absolute atomic E-state index is 13.2. The van der Waals surface area contributed by atoms with E-state index in [1.54, 1.807) is 29.2 Å². The lowest BCUT2D eigenvalue weighted by Crippen LogP contribution is -2.51. The average molecular weight is 492 g/mol. The first kappa shape index (κ1) is 24.7. The Balaban J connectivity index is 1.33. The molecule has 6 N–H and O–H groups in total. The zero-order chi connectivity index (χ0) is 24.8. The van der Waals surface area contributed by atoms with Gasteiger partial charge in [0.05, 0.1) is 6.61 Å². The van der Waals surface area contributed by atoms with E-state index >= 15 is 0 Å². The van der Waals surface area contributed by atoms with Crippen molar-refractivity contribution in [1.29, 1.82) is 5.41 Å². The molecule has 4 rings (SSSR count). The number of nitrogens with zero attached hydrogens (tertiary/aromatic N) is 1. The van der Waals surface area contributed by atoms with Crippen molar-refractivity contribution in [2.75, 3.05) is 19.7 Å². The van der Waals surface area contributed by atoms with Crippen molar-refractivity contribution in [3.05, 3.63) is 77.9 Å². The number of amidine groups is 1. The van der Waals surface area contributed by atoms with Crippen LogP contribution in [0.4, 0.5) is 0 Å². The lowest BCUT2D eigenvalue weighted by atomic mass is 10.1. The van der Waals surface area contributed by atoms with Gasteiger partial charge >= 0.3 is 0 Å². The van der Waals surface area contributed by atoms with Crippen LogP contribution in [0.15, 0.2) is 71.6 Å². The highest BCUT2D eigenvalue weighted by molar-refractivity contribution is 7.97. The molecule has 3 aromatic carbocycles. The number of benzene rings is 3. The van der Waals surface area contributed by atoms with Crippen LogP contribution in [0, 0.1) is 5.41 Å². The summed E-state index contributed by atoms with van der Waals surface area (Å²) in [5, 5.41) is 22.5. The Morgan fingerprint density at radius 3 is 2.51 bits per heavy atom. The molecule has 0 aliphatic carbocycles. The fourth-order valence-electron chi connectivity index (χ4n) is 4.19. The van der Waals surface area contributed by atoms with Crippen molar-refractivity contribution in [3.63, 3.8) is 0 Å². The second-order valence-corrected chi connectivity index (χ2v) is 9.40. The molecule has 35 heavy (non-hydrogen) atoms. The summed E-state index contributed by atoms with van der Waals surface area (Å²) in [5.74, 6) is -0.477. The fourth-order valence-corrected chi connectivity index (χ4v) is 4.96. The molecule has 0 radical (unpaired) electrons. The molecular weight excluding hydrogens is 462 g/mol. The van der Waals surface area contributed by atoms with Gasteiger partial charge in [-0.15, -0.1) is 0 Å². The molecule has 2 atom stereocenters. The van der Waals surface area contributed by atoms with Crippen LogP contribution in [-0.4, -0.2) is 59.4 Å². The number of carbonyl (C=O) groups excluding carboxylic acids is 2. The molecule has 0 saturated carbocycles. The third-order valence-electron chi connectivity index (χ3n) is 6.14. The van der Waals surface area contributed by atoms with Gasteiger partial charge in [0.2, 0.25) is 5.91 Å². The SMILES string of the molecule is N=C(N)c1ccc(C(=O)NC[C@@H]2CCCN2C(=O)C(CO)NSc2ccc3ccccc3c2)cc1. The molecule has 1 heterocycles. The van der Waals surface area contributed by atoms with E-state index in [4.69, 9.17) is 11.1 Å². The molecule has 1 aliphatic rings. The summed E-state index contributed by atoms with van der Waals surface area (Å²) >= 11 is 1.32. The Morgan fingerprint density at radius 1 is 1.09 bits per heavy atom. The zero-order valence-corrected chi connectivity index (χ0v) is 20.1. The van der Waals surface area contributed by atoms with Crippen molar-refractivity contribution >= 4 is 40.4 Å². The number of likely N-dealkylation sites (tertiary alicyclic amines) is 1. The third kappa shape index (κ3) is 6.00. The van der Waals surface area contributed by atoms with Crippen LogP contribution in [0.5, 0.6) is 0 Å². The quantitative estimate of drug-likeness (QED) is 0.178. The van der Waals surface area contributed by atoms with Gasteiger partial charge in [-0.25, -0.2) is 4.72 Å². The predicted molar refractivity (Wildman–Crippen MR) is 138 cm³/mol. The van der Waals surface area contributed by atoms with E-state index < -0.39 is 6.04 Å². The lowest BCUT2D eigenvalue weighted by molar-refractivity contribution is -0.134. The van der Waals surface area contributed by atoms with Crippen LogP contribution < -0.4 is 15.8 Å². The summed E-state index contributed by atoms with van der Waals surface area (Å²) in [4.78, 5) is 28.4. The van der Waals surface area contributed by atoms with E-state index in [0.717, 1.165) is 28.5 Å². The van der Waals surface area contributed by atoms with Crippen LogP contribution in [0.1, 0.15) is 28.8 Å². The lowest BCUT2D eigenvalue weighted by Gasteiger charge is -2.28. The molecule has 1 saturated heterocycles. The molecule has 8 nitrogen and oxygen atoms in total. The maximum atomic E-state index is 13.2. The van der Waals surface area contributed by atoms with E-state index in [-0.39, 0.29) is 30.3 Å². The molecule has 3 aromatic rings. The van der Waals surface area contributed by atoms with Crippen LogP contribution in [0.3, 0.4) is 0 Å². The molecule has 9 heteroatoms. The first-order valence-electron chi connectivity index (χ1n) is 11.5. The molecule has 1 unspecified atom stereocenters. The molecule has 0 bridgehead atoms. The molecule has 0 spiro atoms. The van der Waals surface area contributed by atoms with Gasteiger partial charge in [-0.3, -0.25) is 15.0 Å². The largest absolute Gasteiger partial charge is 0.394 e. The molecule has 1 fully saturated rings. The highest BCUT2D eigenvalue weighted by Crippen LogP contribution is 2.23. The number of carbonyl (C=O) groups is 2. The minimum atomic E-state index is -0.748. The smallest absolute Gasteiger partial charge is 0.251 e. The molecule has 0 aromatic heterocycles. The number of amides is 2. The molecule has 2 amide bonds. The first-order chi connectivity index (χ1) is 17.0. The second kappa shape index (κ2) is 11.4. The van der Waals surface area contributed by atoms with Crippen molar-refractivity contribution in [3.8, 4) is 0 Å². The van der Waals surface area contributed by atoms with Gasteiger partial charge in [-0.2, -0.15) is 0 Å². The van der Waals surface area contributed by atoms with E-state index in [0.29, 0.717) is 24.2 Å². The number of fused-ring (bicyclic) bond motifs is 1. The standard InChI is InChI=1S/C26H29N5O3S/c27-24(28)18-7-9-19(10-8-18)25(33)29-15-21-6-3-13-31(21)26(34)23(16-32)30-35-22-12-11-17-4-1-2-5-20(17)14-22/h1-2,4-5,7-12,14,21,23,30,32H,3,6,13,15-16H2,(H3,27,28)(H,29,33)/t21-,23?/m0/s1. The van der Waals surface area contributed by atoms with Gasteiger partial charge in [-0.05, 0) is 59.8 Å². The summed E-state index contributed by atoms with van der Waals surface area (Å²) in [6.45, 7) is 0.595. The first-order valence-corrected chi connectivity index (χ1v) is 12.3. The van der Waals surface area contributed by atoms with E-state index in [1.165, 1.54) is 11.9 Å². The summed E-state index contributed by atoms with van der Waals surface area (Å²) < 4.78 is 3.11. The Hall–Kier alpha value is -3.40. The summed E-state index contributed by atoms with van der Waals surface area (Å²) in [7, 11) is 0. The fraction of sp³-hybridized carbons (Fsp3) is 0.269. The number of nitrogens with one attached hydrogen (secondary N) is 3. The maximum Gasteiger partial charge on any atom is 0.251 e. The Bertz CT molecular complexity index is 1220. The highest BCUT2D eigenvalue weighted by Gasteiger charge is 2.33. The third-order valence-corrected chi connectivity index (χ3v) is 7.03. The number of hydrogen-bond acceptors (Lipinski definition) is 6. The van der Waals surface area contributed by atoms with Gasteiger partial charge in [0.25, 0.3) is 5.91 Å². The van der Waals surface area contributed by atoms with E-state index in [9.17, 15) is 14.7 Å². The van der Waals surface area contributed by atoms with Gasteiger partial charge in [0, 0.05) is 35.2 Å². The van der Waals surface area contributed by atoms with Crippen molar-refractivity contribution in [2.24, 2.45) is 5.73 Å². The van der Waals surface area contributed by atoms with Crippen molar-refractivity contribution < 1.29 is 14.7 Å². The Kier molecular flexibility index (Phi) is 8.02. The van der Waals surface area contributed by atoms with Gasteiger partial charge in [0.15, 0.2) is 0 Å². The number of hydrogen-bond donors (Lipinski definition) is 5. The van der Waals surface area contributed by atoms with Crippen molar-refractivity contribution in [1.82, 2.24) is 14.9 Å². The minimum absolute atomic E-state index is 0.0529. The number of rotatable bonds is 9. The van der Waals surface area contributed by atoms with Gasteiger partial charge < -0.3 is 21.1 Å². The summed E-state index contributed by atoms with van der Waals surface area (Å²) in [5.41, 5.74) is 6.48. The van der Waals surface area contributed by atoms with Gasteiger partial charge in [0.1, 0.15) is 11.9 Å². The minimum Gasteiger partial charge on any atom is -0.394 e. The molecular formula is C26H29N5O3S. The number of nitrogens with two attached hydrogens (primary N) is 1. The van der Waals surface area contributed by atoms with Crippen LogP contribution in [0.25, 0.3) is 10.8 Å². The van der Waals surface area contributed by atoms with Gasteiger partial charge in [-0.1, -0.05) is 42.5 Å². The Morgan fingerprint density at radius 2 is 1.80 bits per heavy atom. The number of aliphatic hydroxyl groups excluding tert-OH is 1. The monoisotopic (exact) mass is 491 g/mol. The highest BCUT2D eigenvalue weighted by atomic mass is 32.2. The predicted octanol–water partition coefficient (Wildman–Crippen LogP) is 2.50. The normalized spacial score (nSPS) is 16.3. The molecule has 182 valence electrons. The Labute approximate surface area is 208 Å². The topological polar surface area (TPSA) is 132 Å². The van der Waals surface area contributed by atoms with Crippen LogP contribution in [0.2, 0.25) is 0 Å².